The molecule has 12 heteroatoms. The van der Waals surface area contributed by atoms with Gasteiger partial charge in [0.05, 0.1) is 23.3 Å². The topological polar surface area (TPSA) is 71.3 Å². The summed E-state index contributed by atoms with van der Waals surface area (Å²) in [5, 5.41) is 4.50. The second-order valence-electron chi connectivity index (χ2n) is 7.17. The molecule has 166 valence electrons. The van der Waals surface area contributed by atoms with Gasteiger partial charge < -0.3 is 14.6 Å². The van der Waals surface area contributed by atoms with Crippen molar-refractivity contribution in [1.29, 1.82) is 0 Å². The quantitative estimate of drug-likeness (QED) is 0.472. The SMILES string of the molecule is FC(F)Oc1cccn2nc([C@H]3c4nc[nH]c4CCN3c3ccc(C(F)(F)F)cn3)cc12. The summed E-state index contributed by atoms with van der Waals surface area (Å²) in [4.78, 5) is 13.3. The van der Waals surface area contributed by atoms with E-state index in [1.54, 1.807) is 17.2 Å². The standard InChI is InChI=1S/C20H15F5N6O/c21-19(22)32-15-2-1-6-31-14(15)8-13(29-31)18-17-12(27-10-28-17)5-7-30(18)16-4-3-11(9-26-16)20(23,24)25/h1-4,6,8-10,18-19H,5,7H2,(H,27,28)/t18-/m0/s1. The monoisotopic (exact) mass is 450 g/mol. The lowest BCUT2D eigenvalue weighted by Crippen LogP contribution is -2.37. The summed E-state index contributed by atoms with van der Waals surface area (Å²) in [5.41, 5.74) is 1.43. The van der Waals surface area contributed by atoms with Gasteiger partial charge in [-0.1, -0.05) is 0 Å². The fourth-order valence-corrected chi connectivity index (χ4v) is 3.88. The minimum absolute atomic E-state index is 0.0430. The number of nitrogens with one attached hydrogen (secondary N) is 1. The van der Waals surface area contributed by atoms with E-state index >= 15 is 0 Å². The number of nitrogens with zero attached hydrogens (tertiary/aromatic N) is 5. The lowest BCUT2D eigenvalue weighted by Gasteiger charge is -2.34. The Morgan fingerprint density at radius 1 is 1.16 bits per heavy atom. The van der Waals surface area contributed by atoms with Crippen LogP contribution in [0, 0.1) is 0 Å². The number of fused-ring (bicyclic) bond motifs is 2. The van der Waals surface area contributed by atoms with Crippen LogP contribution in [-0.2, 0) is 12.6 Å². The van der Waals surface area contributed by atoms with Gasteiger partial charge >= 0.3 is 12.8 Å². The number of aromatic amines is 1. The normalized spacial score (nSPS) is 16.6. The number of H-pyrrole nitrogens is 1. The lowest BCUT2D eigenvalue weighted by atomic mass is 9.99. The third-order valence-corrected chi connectivity index (χ3v) is 5.27. The van der Waals surface area contributed by atoms with E-state index in [9.17, 15) is 22.0 Å². The molecular formula is C20H15F5N6O. The Morgan fingerprint density at radius 2 is 2.00 bits per heavy atom. The largest absolute Gasteiger partial charge is 0.433 e. The Hall–Kier alpha value is -3.70. The highest BCUT2D eigenvalue weighted by Gasteiger charge is 2.35. The molecular weight excluding hydrogens is 435 g/mol. The summed E-state index contributed by atoms with van der Waals surface area (Å²) in [6, 6.07) is 6.21. The number of aromatic nitrogens is 5. The minimum atomic E-state index is -4.50. The Kier molecular flexibility index (Phi) is 4.72. The second kappa shape index (κ2) is 7.46. The molecule has 1 N–H and O–H groups in total. The van der Waals surface area contributed by atoms with Gasteiger partial charge in [-0.2, -0.15) is 27.1 Å². The third-order valence-electron chi connectivity index (χ3n) is 5.27. The van der Waals surface area contributed by atoms with Crippen LogP contribution < -0.4 is 9.64 Å². The van der Waals surface area contributed by atoms with Crippen molar-refractivity contribution >= 4 is 11.3 Å². The fourth-order valence-electron chi connectivity index (χ4n) is 3.88. The maximum absolute atomic E-state index is 13.0. The van der Waals surface area contributed by atoms with Crippen molar-refractivity contribution in [1.82, 2.24) is 24.6 Å². The van der Waals surface area contributed by atoms with Gasteiger partial charge in [-0.15, -0.1) is 0 Å². The minimum Gasteiger partial charge on any atom is -0.433 e. The van der Waals surface area contributed by atoms with E-state index in [2.05, 4.69) is 24.8 Å². The highest BCUT2D eigenvalue weighted by molar-refractivity contribution is 5.62. The van der Waals surface area contributed by atoms with Gasteiger partial charge in [-0.25, -0.2) is 14.5 Å². The van der Waals surface area contributed by atoms with Crippen molar-refractivity contribution in [3.8, 4) is 5.75 Å². The zero-order valence-corrected chi connectivity index (χ0v) is 16.2. The van der Waals surface area contributed by atoms with Gasteiger partial charge in [0, 0.05) is 31.1 Å². The number of alkyl halides is 5. The van der Waals surface area contributed by atoms with Crippen molar-refractivity contribution in [2.75, 3.05) is 11.4 Å². The number of hydrogen-bond acceptors (Lipinski definition) is 5. The van der Waals surface area contributed by atoms with Crippen LogP contribution in [0.1, 0.15) is 28.7 Å². The van der Waals surface area contributed by atoms with E-state index < -0.39 is 24.4 Å². The lowest BCUT2D eigenvalue weighted by molar-refractivity contribution is -0.137. The summed E-state index contributed by atoms with van der Waals surface area (Å²) in [7, 11) is 0. The number of ether oxygens (including phenoxy) is 1. The van der Waals surface area contributed by atoms with Crippen LogP contribution in [0.3, 0.4) is 0 Å². The Labute approximate surface area is 177 Å². The zero-order valence-electron chi connectivity index (χ0n) is 16.2. The molecule has 0 spiro atoms. The van der Waals surface area contributed by atoms with E-state index in [0.717, 1.165) is 18.0 Å². The summed E-state index contributed by atoms with van der Waals surface area (Å²) < 4.78 is 70.5. The molecule has 1 aliphatic heterocycles. The highest BCUT2D eigenvalue weighted by atomic mass is 19.4. The molecule has 1 atom stereocenters. The predicted molar refractivity (Wildman–Crippen MR) is 103 cm³/mol. The first-order valence-corrected chi connectivity index (χ1v) is 9.56. The molecule has 0 fully saturated rings. The molecule has 0 saturated carbocycles. The van der Waals surface area contributed by atoms with Crippen molar-refractivity contribution in [3.05, 3.63) is 71.7 Å². The molecule has 0 bridgehead atoms. The molecule has 0 saturated heterocycles. The van der Waals surface area contributed by atoms with E-state index in [1.807, 2.05) is 0 Å². The molecule has 32 heavy (non-hydrogen) atoms. The smallest absolute Gasteiger partial charge is 0.417 e. The third kappa shape index (κ3) is 3.51. The Bertz CT molecular complexity index is 1250. The van der Waals surface area contributed by atoms with Crippen LogP contribution in [-0.4, -0.2) is 37.7 Å². The number of rotatable bonds is 4. The van der Waals surface area contributed by atoms with Gasteiger partial charge in [-0.3, -0.25) is 0 Å². The fraction of sp³-hybridized carbons (Fsp3) is 0.250. The molecule has 4 aromatic heterocycles. The van der Waals surface area contributed by atoms with Gasteiger partial charge in [0.1, 0.15) is 17.4 Å². The molecule has 0 unspecified atom stereocenters. The van der Waals surface area contributed by atoms with Crippen LogP contribution in [0.25, 0.3) is 5.52 Å². The average molecular weight is 450 g/mol. The number of imidazole rings is 1. The Morgan fingerprint density at radius 3 is 2.72 bits per heavy atom. The van der Waals surface area contributed by atoms with E-state index in [-0.39, 0.29) is 5.75 Å². The van der Waals surface area contributed by atoms with Gasteiger partial charge in [0.2, 0.25) is 0 Å². The van der Waals surface area contributed by atoms with Gasteiger partial charge in [0.15, 0.2) is 5.75 Å². The maximum atomic E-state index is 13.0. The van der Waals surface area contributed by atoms with Crippen LogP contribution in [0.2, 0.25) is 0 Å². The van der Waals surface area contributed by atoms with Crippen molar-refractivity contribution < 1.29 is 26.7 Å². The van der Waals surface area contributed by atoms with E-state index in [1.165, 1.54) is 29.0 Å². The Balaban J connectivity index is 1.59. The molecule has 1 aliphatic rings. The van der Waals surface area contributed by atoms with Crippen molar-refractivity contribution in [2.45, 2.75) is 25.3 Å². The predicted octanol–water partition coefficient (Wildman–Crippen LogP) is 4.22. The van der Waals surface area contributed by atoms with Crippen molar-refractivity contribution in [2.24, 2.45) is 0 Å². The molecule has 0 aromatic carbocycles. The molecule has 4 aromatic rings. The summed E-state index contributed by atoms with van der Waals surface area (Å²) in [6.45, 7) is -2.56. The first-order valence-electron chi connectivity index (χ1n) is 9.56. The average Bonchev–Trinajstić information content (AvgIpc) is 3.39. The van der Waals surface area contributed by atoms with Gasteiger partial charge in [0.25, 0.3) is 0 Å². The first kappa shape index (κ1) is 20.2. The number of pyridine rings is 2. The summed E-state index contributed by atoms with van der Waals surface area (Å²) in [5.74, 6) is 0.274. The summed E-state index contributed by atoms with van der Waals surface area (Å²) in [6.07, 6.45) is -0.0219. The summed E-state index contributed by atoms with van der Waals surface area (Å²) >= 11 is 0. The molecule has 7 nitrogen and oxygen atoms in total. The molecule has 0 radical (unpaired) electrons. The van der Waals surface area contributed by atoms with Gasteiger partial charge in [-0.05, 0) is 30.3 Å². The number of halogens is 5. The number of anilines is 1. The molecule has 0 aliphatic carbocycles. The van der Waals surface area contributed by atoms with E-state index in [4.69, 9.17) is 0 Å². The molecule has 5 heterocycles. The van der Waals surface area contributed by atoms with Crippen LogP contribution in [0.15, 0.2) is 49.1 Å². The zero-order chi connectivity index (χ0) is 22.5. The second-order valence-corrected chi connectivity index (χ2v) is 7.17. The van der Waals surface area contributed by atoms with Crippen molar-refractivity contribution in [3.63, 3.8) is 0 Å². The number of hydrogen-bond donors (Lipinski definition) is 1. The van der Waals surface area contributed by atoms with Crippen LogP contribution >= 0.6 is 0 Å². The first-order chi connectivity index (χ1) is 15.3. The highest BCUT2D eigenvalue weighted by Crippen LogP contribution is 2.38. The molecule has 0 amide bonds. The molecule has 5 rings (SSSR count). The maximum Gasteiger partial charge on any atom is 0.417 e. The van der Waals surface area contributed by atoms with Crippen LogP contribution in [0.5, 0.6) is 5.75 Å². The van der Waals surface area contributed by atoms with E-state index in [0.29, 0.717) is 35.7 Å². The van der Waals surface area contributed by atoms with Crippen LogP contribution in [0.4, 0.5) is 27.8 Å².